The number of rotatable bonds is 6. The molecule has 0 spiro atoms. The standard InChI is InChI=1S/C15H20N2O2S/c1-11-10-20-15(16-11)9-17(2)8-14(18)12-5-4-6-13(7-12)19-3/h4-7,10,14,18H,8-9H2,1-3H3. The second kappa shape index (κ2) is 6.83. The molecule has 2 rings (SSSR count). The van der Waals surface area contributed by atoms with Crippen molar-refractivity contribution in [3.63, 3.8) is 0 Å². The third kappa shape index (κ3) is 4.03. The van der Waals surface area contributed by atoms with Gasteiger partial charge in [0, 0.05) is 17.6 Å². The van der Waals surface area contributed by atoms with Crippen LogP contribution in [0.2, 0.25) is 0 Å². The van der Waals surface area contributed by atoms with Gasteiger partial charge in [-0.1, -0.05) is 12.1 Å². The lowest BCUT2D eigenvalue weighted by Crippen LogP contribution is -2.24. The SMILES string of the molecule is COc1cccc(C(O)CN(C)Cc2nc(C)cs2)c1. The third-order valence-corrected chi connectivity index (χ3v) is 3.99. The van der Waals surface area contributed by atoms with E-state index in [-0.39, 0.29) is 0 Å². The van der Waals surface area contributed by atoms with Crippen LogP contribution in [0.3, 0.4) is 0 Å². The van der Waals surface area contributed by atoms with E-state index in [2.05, 4.69) is 9.88 Å². The maximum Gasteiger partial charge on any atom is 0.119 e. The number of aliphatic hydroxyl groups excluding tert-OH is 1. The largest absolute Gasteiger partial charge is 0.497 e. The molecule has 1 atom stereocenters. The van der Waals surface area contributed by atoms with Crippen LogP contribution in [0.4, 0.5) is 0 Å². The Kier molecular flexibility index (Phi) is 5.11. The fourth-order valence-corrected chi connectivity index (χ4v) is 2.87. The van der Waals surface area contributed by atoms with E-state index in [9.17, 15) is 5.11 Å². The summed E-state index contributed by atoms with van der Waals surface area (Å²) in [7, 11) is 3.61. The zero-order chi connectivity index (χ0) is 14.5. The highest BCUT2D eigenvalue weighted by molar-refractivity contribution is 7.09. The van der Waals surface area contributed by atoms with Crippen LogP contribution in [0, 0.1) is 6.92 Å². The molecule has 5 heteroatoms. The number of nitrogens with zero attached hydrogens (tertiary/aromatic N) is 2. The van der Waals surface area contributed by atoms with Gasteiger partial charge in [0.2, 0.25) is 0 Å². The molecule has 0 saturated heterocycles. The van der Waals surface area contributed by atoms with Gasteiger partial charge in [0.05, 0.1) is 19.8 Å². The molecule has 0 radical (unpaired) electrons. The molecule has 0 aliphatic carbocycles. The van der Waals surface area contributed by atoms with Gasteiger partial charge in [-0.3, -0.25) is 4.90 Å². The number of hydrogen-bond donors (Lipinski definition) is 1. The average Bonchev–Trinajstić information content (AvgIpc) is 2.83. The summed E-state index contributed by atoms with van der Waals surface area (Å²) in [5.41, 5.74) is 1.92. The quantitative estimate of drug-likeness (QED) is 0.889. The Morgan fingerprint density at radius 2 is 2.25 bits per heavy atom. The number of thiazole rings is 1. The minimum Gasteiger partial charge on any atom is -0.497 e. The molecule has 1 unspecified atom stereocenters. The van der Waals surface area contributed by atoms with Gasteiger partial charge in [-0.05, 0) is 31.7 Å². The molecule has 0 saturated carbocycles. The van der Waals surface area contributed by atoms with Crippen molar-refractivity contribution < 1.29 is 9.84 Å². The Hall–Kier alpha value is -1.43. The van der Waals surface area contributed by atoms with Crippen LogP contribution in [0.1, 0.15) is 22.4 Å². The molecule has 108 valence electrons. The van der Waals surface area contributed by atoms with E-state index in [1.807, 2.05) is 43.6 Å². The predicted octanol–water partition coefficient (Wildman–Crippen LogP) is 2.63. The Balaban J connectivity index is 1.94. The molecule has 0 fully saturated rings. The molecule has 1 heterocycles. The molecular formula is C15H20N2O2S. The number of likely N-dealkylation sites (N-methyl/N-ethyl adjacent to an activating group) is 1. The molecule has 2 aromatic rings. The third-order valence-electron chi connectivity index (χ3n) is 3.03. The van der Waals surface area contributed by atoms with Gasteiger partial charge in [0.25, 0.3) is 0 Å². The fraction of sp³-hybridized carbons (Fsp3) is 0.400. The van der Waals surface area contributed by atoms with Crippen molar-refractivity contribution >= 4 is 11.3 Å². The van der Waals surface area contributed by atoms with E-state index < -0.39 is 6.10 Å². The maximum atomic E-state index is 10.3. The molecule has 0 aliphatic heterocycles. The van der Waals surface area contributed by atoms with Crippen molar-refractivity contribution in [3.8, 4) is 5.75 Å². The van der Waals surface area contributed by atoms with E-state index in [1.165, 1.54) is 0 Å². The summed E-state index contributed by atoms with van der Waals surface area (Å²) < 4.78 is 5.18. The smallest absolute Gasteiger partial charge is 0.119 e. The van der Waals surface area contributed by atoms with Gasteiger partial charge in [-0.25, -0.2) is 4.98 Å². The first-order chi connectivity index (χ1) is 9.58. The minimum atomic E-state index is -0.531. The predicted molar refractivity (Wildman–Crippen MR) is 81.1 cm³/mol. The zero-order valence-corrected chi connectivity index (χ0v) is 12.9. The van der Waals surface area contributed by atoms with Crippen LogP contribution in [-0.2, 0) is 6.54 Å². The van der Waals surface area contributed by atoms with Crippen molar-refractivity contribution in [2.24, 2.45) is 0 Å². The van der Waals surface area contributed by atoms with Crippen LogP contribution in [0.25, 0.3) is 0 Å². The number of hydrogen-bond acceptors (Lipinski definition) is 5. The summed E-state index contributed by atoms with van der Waals surface area (Å²) >= 11 is 1.65. The van der Waals surface area contributed by atoms with Gasteiger partial charge < -0.3 is 9.84 Å². The molecule has 20 heavy (non-hydrogen) atoms. The second-order valence-electron chi connectivity index (χ2n) is 4.87. The van der Waals surface area contributed by atoms with E-state index >= 15 is 0 Å². The van der Waals surface area contributed by atoms with Crippen LogP contribution < -0.4 is 4.74 Å². The fourth-order valence-electron chi connectivity index (χ4n) is 2.02. The van der Waals surface area contributed by atoms with Gasteiger partial charge in [0.1, 0.15) is 10.8 Å². The summed E-state index contributed by atoms with van der Waals surface area (Å²) in [6.45, 7) is 3.30. The molecule has 1 aromatic carbocycles. The van der Waals surface area contributed by atoms with Gasteiger partial charge >= 0.3 is 0 Å². The Labute approximate surface area is 123 Å². The summed E-state index contributed by atoms with van der Waals surface area (Å²) in [4.78, 5) is 6.51. The van der Waals surface area contributed by atoms with Crippen LogP contribution in [-0.4, -0.2) is 35.7 Å². The van der Waals surface area contributed by atoms with Crippen molar-refractivity contribution in [1.29, 1.82) is 0 Å². The first kappa shape index (κ1) is 15.0. The normalized spacial score (nSPS) is 12.7. The lowest BCUT2D eigenvalue weighted by Gasteiger charge is -2.20. The lowest BCUT2D eigenvalue weighted by molar-refractivity contribution is 0.123. The Morgan fingerprint density at radius 3 is 2.90 bits per heavy atom. The highest BCUT2D eigenvalue weighted by Gasteiger charge is 2.12. The molecule has 1 N–H and O–H groups in total. The Morgan fingerprint density at radius 1 is 1.45 bits per heavy atom. The summed E-state index contributed by atoms with van der Waals surface area (Å²) in [5.74, 6) is 0.764. The van der Waals surface area contributed by atoms with Crippen molar-refractivity contribution in [2.45, 2.75) is 19.6 Å². The van der Waals surface area contributed by atoms with Gasteiger partial charge in [-0.15, -0.1) is 11.3 Å². The second-order valence-corrected chi connectivity index (χ2v) is 5.81. The minimum absolute atomic E-state index is 0.531. The maximum absolute atomic E-state index is 10.3. The number of aryl methyl sites for hydroxylation is 1. The number of ether oxygens (including phenoxy) is 1. The molecule has 0 amide bonds. The van der Waals surface area contributed by atoms with E-state index in [1.54, 1.807) is 18.4 Å². The van der Waals surface area contributed by atoms with E-state index in [0.29, 0.717) is 6.54 Å². The first-order valence-corrected chi connectivity index (χ1v) is 7.38. The average molecular weight is 292 g/mol. The molecule has 1 aromatic heterocycles. The summed E-state index contributed by atoms with van der Waals surface area (Å²) in [5, 5.41) is 13.4. The van der Waals surface area contributed by atoms with Gasteiger partial charge in [0.15, 0.2) is 0 Å². The topological polar surface area (TPSA) is 45.6 Å². The number of methoxy groups -OCH3 is 1. The number of benzene rings is 1. The molecular weight excluding hydrogens is 272 g/mol. The Bertz CT molecular complexity index is 556. The molecule has 0 bridgehead atoms. The van der Waals surface area contributed by atoms with Crippen LogP contribution in [0.15, 0.2) is 29.6 Å². The first-order valence-electron chi connectivity index (χ1n) is 6.50. The highest BCUT2D eigenvalue weighted by Crippen LogP contribution is 2.20. The highest BCUT2D eigenvalue weighted by atomic mass is 32.1. The van der Waals surface area contributed by atoms with Crippen LogP contribution in [0.5, 0.6) is 5.75 Å². The summed E-state index contributed by atoms with van der Waals surface area (Å²) in [6, 6.07) is 7.54. The molecule has 0 aliphatic rings. The van der Waals surface area contributed by atoms with E-state index in [4.69, 9.17) is 4.74 Å². The lowest BCUT2D eigenvalue weighted by atomic mass is 10.1. The number of aliphatic hydroxyl groups is 1. The van der Waals surface area contributed by atoms with Crippen molar-refractivity contribution in [1.82, 2.24) is 9.88 Å². The monoisotopic (exact) mass is 292 g/mol. The van der Waals surface area contributed by atoms with Gasteiger partial charge in [-0.2, -0.15) is 0 Å². The zero-order valence-electron chi connectivity index (χ0n) is 12.0. The summed E-state index contributed by atoms with van der Waals surface area (Å²) in [6.07, 6.45) is -0.531. The van der Waals surface area contributed by atoms with E-state index in [0.717, 1.165) is 28.6 Å². The molecule has 4 nitrogen and oxygen atoms in total. The van der Waals surface area contributed by atoms with Crippen molar-refractivity contribution in [2.75, 3.05) is 20.7 Å². The van der Waals surface area contributed by atoms with Crippen molar-refractivity contribution in [3.05, 3.63) is 45.9 Å². The number of aromatic nitrogens is 1. The van der Waals surface area contributed by atoms with Crippen LogP contribution >= 0.6 is 11.3 Å².